The van der Waals surface area contributed by atoms with Crippen LogP contribution in [0.15, 0.2) is 18.3 Å². The minimum Gasteiger partial charge on any atom is -0.389 e. The van der Waals surface area contributed by atoms with Gasteiger partial charge in [-0.1, -0.05) is 6.92 Å². The summed E-state index contributed by atoms with van der Waals surface area (Å²) in [6.45, 7) is 5.23. The Hall–Kier alpha value is -0.800. The standard InChI is InChI=1S/C10H18N2O/c1-3-10(2,13)8-11-7-9-5-4-6-12-9/h4-6,11-13H,3,7-8H2,1-2H3. The SMILES string of the molecule is CCC(C)(O)CNCc1ccc[nH]1. The third-order valence-electron chi connectivity index (χ3n) is 2.25. The molecule has 74 valence electrons. The first-order valence-electron chi connectivity index (χ1n) is 4.69. The Morgan fingerprint density at radius 2 is 2.38 bits per heavy atom. The zero-order valence-electron chi connectivity index (χ0n) is 8.30. The fourth-order valence-corrected chi connectivity index (χ4v) is 1.07. The molecule has 0 aliphatic heterocycles. The quantitative estimate of drug-likeness (QED) is 0.642. The van der Waals surface area contributed by atoms with Gasteiger partial charge in [0, 0.05) is 25.0 Å². The Bertz CT molecular complexity index is 229. The van der Waals surface area contributed by atoms with Crippen LogP contribution < -0.4 is 5.32 Å². The van der Waals surface area contributed by atoms with Gasteiger partial charge in [0.15, 0.2) is 0 Å². The second kappa shape index (κ2) is 4.44. The van der Waals surface area contributed by atoms with E-state index in [1.807, 2.05) is 32.2 Å². The fraction of sp³-hybridized carbons (Fsp3) is 0.600. The Balaban J connectivity index is 2.21. The lowest BCUT2D eigenvalue weighted by atomic mass is 10.0. The molecule has 0 radical (unpaired) electrons. The summed E-state index contributed by atoms with van der Waals surface area (Å²) in [6, 6.07) is 3.99. The van der Waals surface area contributed by atoms with E-state index < -0.39 is 5.60 Å². The van der Waals surface area contributed by atoms with E-state index in [4.69, 9.17) is 0 Å². The summed E-state index contributed by atoms with van der Waals surface area (Å²) in [5.74, 6) is 0. The van der Waals surface area contributed by atoms with Crippen molar-refractivity contribution in [1.82, 2.24) is 10.3 Å². The molecule has 0 aromatic carbocycles. The molecule has 0 aliphatic carbocycles. The monoisotopic (exact) mass is 182 g/mol. The molecule has 3 N–H and O–H groups in total. The molecule has 1 atom stereocenters. The average molecular weight is 182 g/mol. The molecule has 1 rings (SSSR count). The number of nitrogens with one attached hydrogen (secondary N) is 2. The molecule has 0 aliphatic rings. The zero-order valence-corrected chi connectivity index (χ0v) is 8.30. The number of hydrogen-bond donors (Lipinski definition) is 3. The highest BCUT2D eigenvalue weighted by atomic mass is 16.3. The van der Waals surface area contributed by atoms with Gasteiger partial charge in [0.2, 0.25) is 0 Å². The van der Waals surface area contributed by atoms with Crippen LogP contribution in [0.25, 0.3) is 0 Å². The minimum absolute atomic E-state index is 0.591. The molecule has 13 heavy (non-hydrogen) atoms. The lowest BCUT2D eigenvalue weighted by Gasteiger charge is -2.21. The Morgan fingerprint density at radius 3 is 2.92 bits per heavy atom. The molecule has 0 fully saturated rings. The van der Waals surface area contributed by atoms with Crippen molar-refractivity contribution in [3.8, 4) is 0 Å². The first-order valence-corrected chi connectivity index (χ1v) is 4.69. The molecule has 1 heterocycles. The molecule has 3 heteroatoms. The molecule has 1 aromatic rings. The fourth-order valence-electron chi connectivity index (χ4n) is 1.07. The van der Waals surface area contributed by atoms with Gasteiger partial charge in [-0.25, -0.2) is 0 Å². The molecule has 3 nitrogen and oxygen atoms in total. The van der Waals surface area contributed by atoms with Gasteiger partial charge in [0.1, 0.15) is 0 Å². The number of aromatic amines is 1. The van der Waals surface area contributed by atoms with Crippen LogP contribution in [0.2, 0.25) is 0 Å². The smallest absolute Gasteiger partial charge is 0.0741 e. The molecule has 1 unspecified atom stereocenters. The van der Waals surface area contributed by atoms with Gasteiger partial charge in [0.25, 0.3) is 0 Å². The van der Waals surface area contributed by atoms with E-state index in [9.17, 15) is 5.11 Å². The Kier molecular flexibility index (Phi) is 3.51. The summed E-state index contributed by atoms with van der Waals surface area (Å²) in [6.07, 6.45) is 2.67. The number of aliphatic hydroxyl groups is 1. The van der Waals surface area contributed by atoms with Crippen molar-refractivity contribution >= 4 is 0 Å². The zero-order chi connectivity index (χ0) is 9.73. The number of rotatable bonds is 5. The van der Waals surface area contributed by atoms with Crippen molar-refractivity contribution in [2.75, 3.05) is 6.54 Å². The van der Waals surface area contributed by atoms with Gasteiger partial charge in [0.05, 0.1) is 5.60 Å². The van der Waals surface area contributed by atoms with Crippen molar-refractivity contribution in [3.63, 3.8) is 0 Å². The van der Waals surface area contributed by atoms with Crippen LogP contribution in [0.1, 0.15) is 26.0 Å². The molecule has 0 spiro atoms. The number of aromatic nitrogens is 1. The van der Waals surface area contributed by atoms with Crippen molar-refractivity contribution in [3.05, 3.63) is 24.0 Å². The van der Waals surface area contributed by atoms with Crippen LogP contribution in [-0.2, 0) is 6.54 Å². The number of hydrogen-bond acceptors (Lipinski definition) is 2. The van der Waals surface area contributed by atoms with Crippen LogP contribution >= 0.6 is 0 Å². The van der Waals surface area contributed by atoms with Crippen LogP contribution in [0, 0.1) is 0 Å². The van der Waals surface area contributed by atoms with E-state index in [1.54, 1.807) is 0 Å². The molecule has 0 bridgehead atoms. The van der Waals surface area contributed by atoms with E-state index in [2.05, 4.69) is 10.3 Å². The maximum Gasteiger partial charge on any atom is 0.0741 e. The largest absolute Gasteiger partial charge is 0.389 e. The first-order chi connectivity index (χ1) is 6.14. The van der Waals surface area contributed by atoms with Gasteiger partial charge in [-0.2, -0.15) is 0 Å². The highest BCUT2D eigenvalue weighted by molar-refractivity contribution is 5.02. The highest BCUT2D eigenvalue weighted by Gasteiger charge is 2.15. The molecule has 0 saturated heterocycles. The van der Waals surface area contributed by atoms with Crippen molar-refractivity contribution in [2.45, 2.75) is 32.4 Å². The van der Waals surface area contributed by atoms with Crippen molar-refractivity contribution in [2.24, 2.45) is 0 Å². The average Bonchev–Trinajstić information content (AvgIpc) is 2.57. The van der Waals surface area contributed by atoms with Gasteiger partial charge in [-0.3, -0.25) is 0 Å². The molecular formula is C10H18N2O. The van der Waals surface area contributed by atoms with E-state index in [-0.39, 0.29) is 0 Å². The van der Waals surface area contributed by atoms with E-state index >= 15 is 0 Å². The summed E-state index contributed by atoms with van der Waals surface area (Å²) >= 11 is 0. The second-order valence-electron chi connectivity index (χ2n) is 3.65. The third kappa shape index (κ3) is 3.61. The Morgan fingerprint density at radius 1 is 1.62 bits per heavy atom. The topological polar surface area (TPSA) is 48.0 Å². The number of H-pyrrole nitrogens is 1. The van der Waals surface area contributed by atoms with Crippen LogP contribution in [0.5, 0.6) is 0 Å². The minimum atomic E-state index is -0.591. The van der Waals surface area contributed by atoms with Crippen molar-refractivity contribution in [1.29, 1.82) is 0 Å². The van der Waals surface area contributed by atoms with E-state index in [1.165, 1.54) is 0 Å². The maximum atomic E-state index is 9.68. The predicted molar refractivity (Wildman–Crippen MR) is 53.4 cm³/mol. The second-order valence-corrected chi connectivity index (χ2v) is 3.65. The normalized spacial score (nSPS) is 15.6. The third-order valence-corrected chi connectivity index (χ3v) is 2.25. The summed E-state index contributed by atoms with van der Waals surface area (Å²) in [5, 5.41) is 12.9. The summed E-state index contributed by atoms with van der Waals surface area (Å²) < 4.78 is 0. The summed E-state index contributed by atoms with van der Waals surface area (Å²) in [4.78, 5) is 3.10. The van der Waals surface area contributed by atoms with Crippen molar-refractivity contribution < 1.29 is 5.11 Å². The van der Waals surface area contributed by atoms with Gasteiger partial charge < -0.3 is 15.4 Å². The molecule has 0 amide bonds. The van der Waals surface area contributed by atoms with Gasteiger partial charge in [-0.15, -0.1) is 0 Å². The van der Waals surface area contributed by atoms with Crippen LogP contribution in [0.4, 0.5) is 0 Å². The highest BCUT2D eigenvalue weighted by Crippen LogP contribution is 2.06. The molecule has 1 aromatic heterocycles. The van der Waals surface area contributed by atoms with E-state index in [0.717, 1.165) is 18.7 Å². The van der Waals surface area contributed by atoms with Gasteiger partial charge >= 0.3 is 0 Å². The molecule has 0 saturated carbocycles. The van der Waals surface area contributed by atoms with Crippen LogP contribution in [0.3, 0.4) is 0 Å². The van der Waals surface area contributed by atoms with E-state index in [0.29, 0.717) is 6.54 Å². The van der Waals surface area contributed by atoms with Gasteiger partial charge in [-0.05, 0) is 25.5 Å². The Labute approximate surface area is 79.2 Å². The first kappa shape index (κ1) is 10.3. The lowest BCUT2D eigenvalue weighted by molar-refractivity contribution is 0.0555. The summed E-state index contributed by atoms with van der Waals surface area (Å²) in [7, 11) is 0. The summed E-state index contributed by atoms with van der Waals surface area (Å²) in [5.41, 5.74) is 0.555. The lowest BCUT2D eigenvalue weighted by Crippen LogP contribution is -2.36. The maximum absolute atomic E-state index is 9.68. The molecular weight excluding hydrogens is 164 g/mol. The predicted octanol–water partition coefficient (Wildman–Crippen LogP) is 1.27. The van der Waals surface area contributed by atoms with Crippen LogP contribution in [-0.4, -0.2) is 22.2 Å².